The minimum atomic E-state index is 0.141. The van der Waals surface area contributed by atoms with Gasteiger partial charge in [0.05, 0.1) is 23.4 Å². The zero-order valence-corrected chi connectivity index (χ0v) is 10.7. The Morgan fingerprint density at radius 2 is 2.21 bits per heavy atom. The lowest BCUT2D eigenvalue weighted by molar-refractivity contribution is 0.704. The molecule has 0 aliphatic rings. The van der Waals surface area contributed by atoms with Crippen LogP contribution in [0.2, 0.25) is 0 Å². The number of nitrogens with zero attached hydrogens (tertiary/aromatic N) is 3. The highest BCUT2D eigenvalue weighted by Gasteiger charge is 2.13. The molecule has 96 valence electrons. The molecule has 3 aromatic rings. The molecule has 0 radical (unpaired) electrons. The van der Waals surface area contributed by atoms with E-state index in [0.29, 0.717) is 0 Å². The van der Waals surface area contributed by atoms with Gasteiger partial charge in [-0.25, -0.2) is 4.98 Å². The predicted octanol–water partition coefficient (Wildman–Crippen LogP) is 2.92. The maximum absolute atomic E-state index is 4.31. The molecule has 0 fully saturated rings. The van der Waals surface area contributed by atoms with Gasteiger partial charge in [-0.05, 0) is 12.5 Å². The second-order valence-corrected chi connectivity index (χ2v) is 4.35. The van der Waals surface area contributed by atoms with Gasteiger partial charge in [0.1, 0.15) is 5.82 Å². The van der Waals surface area contributed by atoms with Crippen molar-refractivity contribution in [2.75, 3.05) is 5.32 Å². The fourth-order valence-corrected chi connectivity index (χ4v) is 2.14. The Balaban J connectivity index is 1.96. The summed E-state index contributed by atoms with van der Waals surface area (Å²) in [5, 5.41) is 12.7. The van der Waals surface area contributed by atoms with E-state index in [1.165, 1.54) is 0 Å². The van der Waals surface area contributed by atoms with E-state index >= 15 is 0 Å². The van der Waals surface area contributed by atoms with E-state index in [1.54, 1.807) is 12.4 Å². The van der Waals surface area contributed by atoms with Crippen LogP contribution >= 0.6 is 0 Å². The van der Waals surface area contributed by atoms with E-state index in [2.05, 4.69) is 32.4 Å². The fraction of sp³-hybridized carbons (Fsp3) is 0.214. The van der Waals surface area contributed by atoms with Gasteiger partial charge < -0.3 is 10.3 Å². The minimum absolute atomic E-state index is 0.141. The average Bonchev–Trinajstić information content (AvgIpc) is 2.99. The molecule has 3 rings (SSSR count). The maximum Gasteiger partial charge on any atom is 0.128 e. The Labute approximate surface area is 111 Å². The lowest BCUT2D eigenvalue weighted by atomic mass is 10.1. The smallest absolute Gasteiger partial charge is 0.128 e. The SMILES string of the molecule is CCC(Nc1cnnc2ccccc12)c1ncc[nH]1. The minimum Gasteiger partial charge on any atom is -0.373 e. The van der Waals surface area contributed by atoms with Crippen molar-refractivity contribution < 1.29 is 0 Å². The molecule has 0 aliphatic heterocycles. The number of fused-ring (bicyclic) bond motifs is 1. The first-order chi connectivity index (χ1) is 9.38. The molecule has 0 bridgehead atoms. The molecular weight excluding hydrogens is 238 g/mol. The van der Waals surface area contributed by atoms with E-state index in [0.717, 1.165) is 28.8 Å². The number of benzene rings is 1. The van der Waals surface area contributed by atoms with Crippen LogP contribution in [0, 0.1) is 0 Å². The molecular formula is C14H15N5. The molecule has 0 aliphatic carbocycles. The number of aromatic nitrogens is 4. The Bertz CT molecular complexity index is 657. The zero-order chi connectivity index (χ0) is 13.1. The molecule has 0 saturated heterocycles. The Hall–Kier alpha value is -2.43. The molecule has 2 N–H and O–H groups in total. The number of hydrogen-bond donors (Lipinski definition) is 2. The molecule has 0 amide bonds. The van der Waals surface area contributed by atoms with Crippen LogP contribution in [-0.4, -0.2) is 20.2 Å². The lowest BCUT2D eigenvalue weighted by Gasteiger charge is -2.16. The third kappa shape index (κ3) is 2.27. The lowest BCUT2D eigenvalue weighted by Crippen LogP contribution is -2.12. The van der Waals surface area contributed by atoms with E-state index < -0.39 is 0 Å². The first-order valence-corrected chi connectivity index (χ1v) is 6.34. The normalized spacial score (nSPS) is 12.5. The number of hydrogen-bond acceptors (Lipinski definition) is 4. The van der Waals surface area contributed by atoms with Gasteiger partial charge in [0.15, 0.2) is 0 Å². The molecule has 2 heterocycles. The Kier molecular flexibility index (Phi) is 3.10. The predicted molar refractivity (Wildman–Crippen MR) is 74.8 cm³/mol. The first-order valence-electron chi connectivity index (χ1n) is 6.34. The summed E-state index contributed by atoms with van der Waals surface area (Å²) in [6, 6.07) is 8.11. The van der Waals surface area contributed by atoms with Crippen molar-refractivity contribution in [3.8, 4) is 0 Å². The number of anilines is 1. The molecule has 19 heavy (non-hydrogen) atoms. The third-order valence-corrected chi connectivity index (χ3v) is 3.13. The van der Waals surface area contributed by atoms with Crippen LogP contribution in [0.15, 0.2) is 42.9 Å². The number of imidazole rings is 1. The van der Waals surface area contributed by atoms with Crippen molar-refractivity contribution in [3.63, 3.8) is 0 Å². The highest BCUT2D eigenvalue weighted by atomic mass is 15.1. The molecule has 0 spiro atoms. The van der Waals surface area contributed by atoms with Crippen molar-refractivity contribution in [2.45, 2.75) is 19.4 Å². The second-order valence-electron chi connectivity index (χ2n) is 4.35. The fourth-order valence-electron chi connectivity index (χ4n) is 2.14. The zero-order valence-electron chi connectivity index (χ0n) is 10.7. The van der Waals surface area contributed by atoms with Crippen LogP contribution in [0.5, 0.6) is 0 Å². The average molecular weight is 253 g/mol. The number of nitrogens with one attached hydrogen (secondary N) is 2. The van der Waals surface area contributed by atoms with Crippen molar-refractivity contribution in [3.05, 3.63) is 48.7 Å². The summed E-state index contributed by atoms with van der Waals surface area (Å²) in [6.45, 7) is 2.12. The van der Waals surface area contributed by atoms with Gasteiger partial charge in [0.25, 0.3) is 0 Å². The van der Waals surface area contributed by atoms with Crippen LogP contribution in [-0.2, 0) is 0 Å². The molecule has 5 heteroatoms. The summed E-state index contributed by atoms with van der Waals surface area (Å²) in [7, 11) is 0. The van der Waals surface area contributed by atoms with E-state index in [1.807, 2.05) is 30.5 Å². The standard InChI is InChI=1S/C14H15N5/c1-2-11(14-15-7-8-16-14)18-13-9-17-19-12-6-4-3-5-10(12)13/h3-9,11H,2H2,1H3,(H,15,16)(H,18,19). The van der Waals surface area contributed by atoms with Crippen LogP contribution in [0.1, 0.15) is 25.2 Å². The van der Waals surface area contributed by atoms with Gasteiger partial charge in [0.2, 0.25) is 0 Å². The van der Waals surface area contributed by atoms with Gasteiger partial charge in [-0.15, -0.1) is 0 Å². The topological polar surface area (TPSA) is 66.5 Å². The molecule has 5 nitrogen and oxygen atoms in total. The quantitative estimate of drug-likeness (QED) is 0.750. The molecule has 1 unspecified atom stereocenters. The Morgan fingerprint density at radius 1 is 1.32 bits per heavy atom. The highest BCUT2D eigenvalue weighted by molar-refractivity contribution is 5.90. The van der Waals surface area contributed by atoms with Gasteiger partial charge in [-0.2, -0.15) is 10.2 Å². The highest BCUT2D eigenvalue weighted by Crippen LogP contribution is 2.25. The van der Waals surface area contributed by atoms with Gasteiger partial charge in [0, 0.05) is 17.8 Å². The van der Waals surface area contributed by atoms with Crippen molar-refractivity contribution in [1.82, 2.24) is 20.2 Å². The van der Waals surface area contributed by atoms with Crippen molar-refractivity contribution >= 4 is 16.6 Å². The van der Waals surface area contributed by atoms with E-state index in [9.17, 15) is 0 Å². The number of rotatable bonds is 4. The molecule has 1 aromatic carbocycles. The largest absolute Gasteiger partial charge is 0.373 e. The molecule has 0 saturated carbocycles. The molecule has 2 aromatic heterocycles. The first kappa shape index (κ1) is 11.6. The van der Waals surface area contributed by atoms with Crippen LogP contribution in [0.3, 0.4) is 0 Å². The summed E-state index contributed by atoms with van der Waals surface area (Å²) in [5.41, 5.74) is 1.87. The van der Waals surface area contributed by atoms with Gasteiger partial charge in [-0.3, -0.25) is 0 Å². The Morgan fingerprint density at radius 3 is 3.00 bits per heavy atom. The van der Waals surface area contributed by atoms with Crippen LogP contribution in [0.25, 0.3) is 10.9 Å². The summed E-state index contributed by atoms with van der Waals surface area (Å²) < 4.78 is 0. The summed E-state index contributed by atoms with van der Waals surface area (Å²) in [6.07, 6.45) is 6.29. The third-order valence-electron chi connectivity index (χ3n) is 3.13. The van der Waals surface area contributed by atoms with Crippen molar-refractivity contribution in [1.29, 1.82) is 0 Å². The number of aromatic amines is 1. The summed E-state index contributed by atoms with van der Waals surface area (Å²) in [5.74, 6) is 0.934. The summed E-state index contributed by atoms with van der Waals surface area (Å²) >= 11 is 0. The van der Waals surface area contributed by atoms with Crippen molar-refractivity contribution in [2.24, 2.45) is 0 Å². The van der Waals surface area contributed by atoms with Gasteiger partial charge >= 0.3 is 0 Å². The van der Waals surface area contributed by atoms with Crippen LogP contribution < -0.4 is 5.32 Å². The van der Waals surface area contributed by atoms with Crippen LogP contribution in [0.4, 0.5) is 5.69 Å². The number of H-pyrrole nitrogens is 1. The second kappa shape index (κ2) is 5.06. The molecule has 1 atom stereocenters. The van der Waals surface area contributed by atoms with Gasteiger partial charge in [-0.1, -0.05) is 25.1 Å². The monoisotopic (exact) mass is 253 g/mol. The summed E-state index contributed by atoms with van der Waals surface area (Å²) in [4.78, 5) is 7.46. The van der Waals surface area contributed by atoms with E-state index in [-0.39, 0.29) is 6.04 Å². The maximum atomic E-state index is 4.31. The van der Waals surface area contributed by atoms with E-state index in [4.69, 9.17) is 0 Å².